The summed E-state index contributed by atoms with van der Waals surface area (Å²) in [5.74, 6) is -0.143. The maximum Gasteiger partial charge on any atom is 0.337 e. The molecule has 0 saturated heterocycles. The van der Waals surface area contributed by atoms with Gasteiger partial charge in [-0.2, -0.15) is 0 Å². The van der Waals surface area contributed by atoms with E-state index >= 15 is 0 Å². The summed E-state index contributed by atoms with van der Waals surface area (Å²) in [6.07, 6.45) is 5.28. The van der Waals surface area contributed by atoms with Gasteiger partial charge in [-0.3, -0.25) is 0 Å². The molecular formula is C27H25FN4O3. The molecule has 1 unspecified atom stereocenters. The molecule has 3 heterocycles. The molecule has 2 aromatic heterocycles. The minimum atomic E-state index is -0.355. The van der Waals surface area contributed by atoms with Crippen LogP contribution in [0.4, 0.5) is 4.39 Å². The van der Waals surface area contributed by atoms with Gasteiger partial charge in [0.2, 0.25) is 0 Å². The number of carbonyl (C=O) groups is 1. The van der Waals surface area contributed by atoms with Crippen molar-refractivity contribution in [3.63, 3.8) is 0 Å². The molecule has 178 valence electrons. The van der Waals surface area contributed by atoms with Crippen LogP contribution in [0.5, 0.6) is 5.75 Å². The van der Waals surface area contributed by atoms with Crippen LogP contribution in [-0.4, -0.2) is 47.7 Å². The maximum atomic E-state index is 14.0. The van der Waals surface area contributed by atoms with Gasteiger partial charge in [0.15, 0.2) is 0 Å². The molecule has 0 radical (unpaired) electrons. The number of methoxy groups -OCH3 is 2. The van der Waals surface area contributed by atoms with Crippen molar-refractivity contribution in [3.8, 4) is 17.0 Å². The predicted molar refractivity (Wildman–Crippen MR) is 132 cm³/mol. The Bertz CT molecular complexity index is 1410. The zero-order chi connectivity index (χ0) is 24.4. The van der Waals surface area contributed by atoms with Crippen molar-refractivity contribution >= 4 is 22.6 Å². The Hall–Kier alpha value is -4.04. The van der Waals surface area contributed by atoms with Gasteiger partial charge in [0.25, 0.3) is 0 Å². The van der Waals surface area contributed by atoms with Crippen LogP contribution in [0.1, 0.15) is 28.0 Å². The Kier molecular flexibility index (Phi) is 6.29. The molecule has 1 aliphatic heterocycles. The molecule has 2 aromatic carbocycles. The first-order valence-electron chi connectivity index (χ1n) is 11.3. The Morgan fingerprint density at radius 1 is 1.11 bits per heavy atom. The van der Waals surface area contributed by atoms with E-state index in [0.717, 1.165) is 36.0 Å². The lowest BCUT2D eigenvalue weighted by molar-refractivity contribution is 0.0600. The number of esters is 1. The van der Waals surface area contributed by atoms with Crippen LogP contribution in [-0.2, 0) is 11.2 Å². The van der Waals surface area contributed by atoms with Crippen molar-refractivity contribution in [3.05, 3.63) is 83.6 Å². The van der Waals surface area contributed by atoms with Crippen LogP contribution < -0.4 is 10.1 Å². The summed E-state index contributed by atoms with van der Waals surface area (Å²) in [6, 6.07) is 14.2. The number of ether oxygens (including phenoxy) is 2. The number of hydrogen-bond acceptors (Lipinski definition) is 6. The Morgan fingerprint density at radius 2 is 1.94 bits per heavy atom. The minimum absolute atomic E-state index is 0.235. The van der Waals surface area contributed by atoms with Gasteiger partial charge < -0.3 is 19.8 Å². The van der Waals surface area contributed by atoms with Crippen molar-refractivity contribution in [1.82, 2.24) is 20.3 Å². The highest BCUT2D eigenvalue weighted by Gasteiger charge is 2.20. The fraction of sp³-hybridized carbons (Fsp3) is 0.222. The number of fused-ring (bicyclic) bond motifs is 1. The first kappa shape index (κ1) is 22.7. The van der Waals surface area contributed by atoms with E-state index in [1.807, 2.05) is 18.2 Å². The number of nitrogens with one attached hydrogen (secondary N) is 2. The van der Waals surface area contributed by atoms with Crippen molar-refractivity contribution in [2.24, 2.45) is 0 Å². The summed E-state index contributed by atoms with van der Waals surface area (Å²) < 4.78 is 24.2. The van der Waals surface area contributed by atoms with Crippen molar-refractivity contribution in [1.29, 1.82) is 0 Å². The second kappa shape index (κ2) is 9.68. The summed E-state index contributed by atoms with van der Waals surface area (Å²) in [4.78, 5) is 23.9. The Morgan fingerprint density at radius 3 is 2.71 bits per heavy atom. The van der Waals surface area contributed by atoms with E-state index in [2.05, 4.69) is 26.3 Å². The number of aromatic nitrogens is 3. The highest BCUT2D eigenvalue weighted by molar-refractivity contribution is 5.94. The molecular weight excluding hydrogens is 447 g/mol. The summed E-state index contributed by atoms with van der Waals surface area (Å²) in [5, 5.41) is 4.35. The third-order valence-electron chi connectivity index (χ3n) is 6.27. The first-order valence-corrected chi connectivity index (χ1v) is 11.3. The number of carbonyl (C=O) groups excluding carboxylic acids is 1. The molecule has 0 spiro atoms. The van der Waals surface area contributed by atoms with E-state index in [1.54, 1.807) is 25.3 Å². The monoisotopic (exact) mass is 472 g/mol. The number of halogens is 1. The maximum absolute atomic E-state index is 14.0. The number of aromatic amines is 1. The third-order valence-corrected chi connectivity index (χ3v) is 6.27. The van der Waals surface area contributed by atoms with E-state index < -0.39 is 0 Å². The summed E-state index contributed by atoms with van der Waals surface area (Å²) in [6.45, 7) is 0.742. The zero-order valence-electron chi connectivity index (χ0n) is 19.5. The number of hydrogen-bond donors (Lipinski definition) is 2. The van der Waals surface area contributed by atoms with Gasteiger partial charge in [0, 0.05) is 29.2 Å². The Labute approximate surface area is 202 Å². The fourth-order valence-electron chi connectivity index (χ4n) is 4.51. The number of nitrogens with zero attached hydrogens (tertiary/aromatic N) is 2. The Balaban J connectivity index is 1.39. The van der Waals surface area contributed by atoms with Crippen LogP contribution in [0, 0.1) is 5.82 Å². The molecule has 1 aliphatic rings. The highest BCUT2D eigenvalue weighted by Crippen LogP contribution is 2.35. The molecule has 0 saturated carbocycles. The lowest BCUT2D eigenvalue weighted by Gasteiger charge is -2.24. The van der Waals surface area contributed by atoms with Crippen LogP contribution in [0.2, 0.25) is 0 Å². The van der Waals surface area contributed by atoms with Crippen molar-refractivity contribution in [2.45, 2.75) is 18.9 Å². The standard InChI is InChI=1S/C27H25FN4O3/c1-34-24-8-7-19(28)13-21(24)25-22-14-23(32-26(22)31-15-30-25)18-9-10-29-20(12-18)11-16-3-5-17(6-4-16)27(33)35-2/h3-9,13-15,20,29H,10-12H2,1-2H3,(H,30,31,32). The molecule has 0 bridgehead atoms. The largest absolute Gasteiger partial charge is 0.496 e. The number of rotatable bonds is 6. The van der Waals surface area contributed by atoms with Crippen molar-refractivity contribution in [2.75, 3.05) is 20.8 Å². The van der Waals surface area contributed by atoms with Gasteiger partial charge in [-0.25, -0.2) is 19.2 Å². The molecule has 5 rings (SSSR count). The molecule has 0 aliphatic carbocycles. The van der Waals surface area contributed by atoms with Crippen LogP contribution in [0.25, 0.3) is 27.9 Å². The average molecular weight is 473 g/mol. The first-order chi connectivity index (χ1) is 17.1. The van der Waals surface area contributed by atoms with Gasteiger partial charge in [-0.15, -0.1) is 0 Å². The summed E-state index contributed by atoms with van der Waals surface area (Å²) in [5.41, 5.74) is 5.70. The fourth-order valence-corrected chi connectivity index (χ4v) is 4.51. The second-order valence-electron chi connectivity index (χ2n) is 8.44. The summed E-state index contributed by atoms with van der Waals surface area (Å²) >= 11 is 0. The molecule has 7 nitrogen and oxygen atoms in total. The normalized spacial score (nSPS) is 15.6. The van der Waals surface area contributed by atoms with Crippen LogP contribution in [0.3, 0.4) is 0 Å². The van der Waals surface area contributed by atoms with Gasteiger partial charge >= 0.3 is 5.97 Å². The molecule has 1 atom stereocenters. The van der Waals surface area contributed by atoms with E-state index in [9.17, 15) is 9.18 Å². The molecule has 0 fully saturated rings. The smallest absolute Gasteiger partial charge is 0.337 e. The molecule has 0 amide bonds. The number of H-pyrrole nitrogens is 1. The van der Waals surface area contributed by atoms with E-state index in [-0.39, 0.29) is 17.8 Å². The third kappa shape index (κ3) is 4.65. The summed E-state index contributed by atoms with van der Waals surface area (Å²) in [7, 11) is 2.93. The van der Waals surface area contributed by atoms with E-state index in [0.29, 0.717) is 28.2 Å². The van der Waals surface area contributed by atoms with E-state index in [4.69, 9.17) is 9.47 Å². The zero-order valence-corrected chi connectivity index (χ0v) is 19.5. The molecule has 8 heteroatoms. The average Bonchev–Trinajstić information content (AvgIpc) is 3.33. The van der Waals surface area contributed by atoms with Crippen LogP contribution in [0.15, 0.2) is 60.9 Å². The van der Waals surface area contributed by atoms with Gasteiger partial charge in [0.1, 0.15) is 23.5 Å². The highest BCUT2D eigenvalue weighted by atomic mass is 19.1. The quantitative estimate of drug-likeness (QED) is 0.401. The lowest BCUT2D eigenvalue weighted by Crippen LogP contribution is -2.34. The van der Waals surface area contributed by atoms with Gasteiger partial charge in [-0.1, -0.05) is 18.2 Å². The lowest BCUT2D eigenvalue weighted by atomic mass is 9.94. The van der Waals surface area contributed by atoms with Crippen LogP contribution >= 0.6 is 0 Å². The van der Waals surface area contributed by atoms with Gasteiger partial charge in [0.05, 0.1) is 25.5 Å². The SMILES string of the molecule is COC(=O)c1ccc(CC2CC(c3cc4c(-c5cc(F)ccc5OC)ncnc4[nH]3)=CCN2)cc1. The molecule has 4 aromatic rings. The topological polar surface area (TPSA) is 89.1 Å². The second-order valence-corrected chi connectivity index (χ2v) is 8.44. The predicted octanol–water partition coefficient (Wildman–Crippen LogP) is 4.55. The van der Waals surface area contributed by atoms with Crippen molar-refractivity contribution < 1.29 is 18.7 Å². The minimum Gasteiger partial charge on any atom is -0.496 e. The number of benzene rings is 2. The van der Waals surface area contributed by atoms with Gasteiger partial charge in [-0.05, 0) is 60.4 Å². The molecule has 35 heavy (non-hydrogen) atoms. The molecule has 2 N–H and O–H groups in total. The van der Waals surface area contributed by atoms with E-state index in [1.165, 1.54) is 31.1 Å².